The fourth-order valence-corrected chi connectivity index (χ4v) is 2.78. The summed E-state index contributed by atoms with van der Waals surface area (Å²) in [5.41, 5.74) is -0.518. The smallest absolute Gasteiger partial charge is 0.407 e. The number of rotatable bonds is 8. The van der Waals surface area contributed by atoms with Crippen molar-refractivity contribution in [1.29, 1.82) is 0 Å². The second kappa shape index (κ2) is 12.1. The molecule has 0 bridgehead atoms. The van der Waals surface area contributed by atoms with Crippen LogP contribution in [0.5, 0.6) is 0 Å². The SMILES string of the molecule is CCNC(=NCCC(F)(F)F)N1CCC(OCCCNC(=O)OC(C)(C)C)CC1. The van der Waals surface area contributed by atoms with E-state index in [1.807, 2.05) is 32.6 Å². The van der Waals surface area contributed by atoms with Gasteiger partial charge in [0.1, 0.15) is 5.60 Å². The zero-order chi connectivity index (χ0) is 21.9. The second-order valence-corrected chi connectivity index (χ2v) is 7.94. The summed E-state index contributed by atoms with van der Waals surface area (Å²) < 4.78 is 48.0. The number of alkyl halides is 3. The molecule has 0 aliphatic carbocycles. The van der Waals surface area contributed by atoms with Crippen LogP contribution in [0.1, 0.15) is 53.4 Å². The van der Waals surface area contributed by atoms with Gasteiger partial charge in [0.2, 0.25) is 0 Å². The van der Waals surface area contributed by atoms with E-state index in [0.717, 1.165) is 12.8 Å². The van der Waals surface area contributed by atoms with Gasteiger partial charge in [-0.1, -0.05) is 0 Å². The van der Waals surface area contributed by atoms with E-state index in [-0.39, 0.29) is 12.6 Å². The molecule has 1 amide bonds. The molecule has 0 aromatic rings. The number of hydrogen-bond acceptors (Lipinski definition) is 4. The molecule has 10 heteroatoms. The van der Waals surface area contributed by atoms with Gasteiger partial charge in [-0.15, -0.1) is 0 Å². The van der Waals surface area contributed by atoms with Crippen LogP contribution in [0.4, 0.5) is 18.0 Å². The van der Waals surface area contributed by atoms with Crippen molar-refractivity contribution in [2.24, 2.45) is 4.99 Å². The number of nitrogens with one attached hydrogen (secondary N) is 2. The number of amides is 1. The van der Waals surface area contributed by atoms with Crippen LogP contribution in [0.25, 0.3) is 0 Å². The lowest BCUT2D eigenvalue weighted by atomic mass is 10.1. The van der Waals surface area contributed by atoms with Crippen LogP contribution in [0.15, 0.2) is 4.99 Å². The van der Waals surface area contributed by atoms with Gasteiger partial charge in [0.05, 0.1) is 19.1 Å². The fraction of sp³-hybridized carbons (Fsp3) is 0.895. The molecule has 0 aromatic heterocycles. The quantitative estimate of drug-likeness (QED) is 0.355. The third-order valence-corrected chi connectivity index (χ3v) is 4.08. The molecule has 0 saturated carbocycles. The van der Waals surface area contributed by atoms with Crippen LogP contribution in [0.3, 0.4) is 0 Å². The van der Waals surface area contributed by atoms with Crippen LogP contribution < -0.4 is 10.6 Å². The van der Waals surface area contributed by atoms with Gasteiger partial charge in [0.15, 0.2) is 5.96 Å². The van der Waals surface area contributed by atoms with Gasteiger partial charge in [-0.25, -0.2) is 4.79 Å². The van der Waals surface area contributed by atoms with Crippen molar-refractivity contribution in [3.05, 3.63) is 0 Å². The van der Waals surface area contributed by atoms with E-state index >= 15 is 0 Å². The number of alkyl carbamates (subject to hydrolysis) is 1. The Morgan fingerprint density at radius 1 is 1.17 bits per heavy atom. The molecule has 0 atom stereocenters. The minimum Gasteiger partial charge on any atom is -0.444 e. The van der Waals surface area contributed by atoms with Crippen LogP contribution in [0.2, 0.25) is 0 Å². The molecule has 1 rings (SSSR count). The molecule has 0 aromatic carbocycles. The van der Waals surface area contributed by atoms with Crippen LogP contribution in [0, 0.1) is 0 Å². The highest BCUT2D eigenvalue weighted by Gasteiger charge is 2.27. The summed E-state index contributed by atoms with van der Waals surface area (Å²) in [6.45, 7) is 10.0. The Morgan fingerprint density at radius 3 is 2.38 bits per heavy atom. The molecule has 2 N–H and O–H groups in total. The van der Waals surface area contributed by atoms with E-state index < -0.39 is 24.3 Å². The summed E-state index contributed by atoms with van der Waals surface area (Å²) >= 11 is 0. The first-order chi connectivity index (χ1) is 13.5. The normalized spacial score (nSPS) is 16.7. The lowest BCUT2D eigenvalue weighted by molar-refractivity contribution is -0.132. The number of carbonyl (C=O) groups excluding carboxylic acids is 1. The Labute approximate surface area is 171 Å². The highest BCUT2D eigenvalue weighted by atomic mass is 19.4. The maximum atomic E-state index is 12.3. The maximum Gasteiger partial charge on any atom is 0.407 e. The molecular formula is C19H35F3N4O3. The predicted molar refractivity (Wildman–Crippen MR) is 106 cm³/mol. The van der Waals surface area contributed by atoms with Gasteiger partial charge < -0.3 is 25.0 Å². The van der Waals surface area contributed by atoms with Gasteiger partial charge in [0.25, 0.3) is 0 Å². The number of likely N-dealkylation sites (tertiary alicyclic amines) is 1. The van der Waals surface area contributed by atoms with Gasteiger partial charge in [-0.2, -0.15) is 13.2 Å². The van der Waals surface area contributed by atoms with Crippen LogP contribution in [-0.4, -0.2) is 74.2 Å². The maximum absolute atomic E-state index is 12.3. The summed E-state index contributed by atoms with van der Waals surface area (Å²) in [6, 6.07) is 0. The molecule has 170 valence electrons. The molecule has 0 radical (unpaired) electrons. The van der Waals surface area contributed by atoms with E-state index in [9.17, 15) is 18.0 Å². The zero-order valence-electron chi connectivity index (χ0n) is 17.9. The molecule has 1 heterocycles. The Balaban J connectivity index is 2.25. The Morgan fingerprint density at radius 2 is 1.83 bits per heavy atom. The average molecular weight is 425 g/mol. The minimum atomic E-state index is -4.19. The molecule has 1 saturated heterocycles. The van der Waals surface area contributed by atoms with E-state index in [0.29, 0.717) is 45.2 Å². The minimum absolute atomic E-state index is 0.103. The Hall–Kier alpha value is -1.71. The number of aliphatic imine (C=N–C) groups is 1. The lowest BCUT2D eigenvalue weighted by Gasteiger charge is -2.34. The monoisotopic (exact) mass is 424 g/mol. The Bertz CT molecular complexity index is 514. The molecule has 0 unspecified atom stereocenters. The molecule has 7 nitrogen and oxygen atoms in total. The number of ether oxygens (including phenoxy) is 2. The first kappa shape index (κ1) is 25.3. The molecular weight excluding hydrogens is 389 g/mol. The number of nitrogens with zero attached hydrogens (tertiary/aromatic N) is 2. The highest BCUT2D eigenvalue weighted by Crippen LogP contribution is 2.19. The van der Waals surface area contributed by atoms with Crippen molar-refractivity contribution in [3.63, 3.8) is 0 Å². The number of halogens is 3. The first-order valence-electron chi connectivity index (χ1n) is 10.2. The van der Waals surface area contributed by atoms with Crippen molar-refractivity contribution in [3.8, 4) is 0 Å². The van der Waals surface area contributed by atoms with E-state index in [1.54, 1.807) is 0 Å². The summed E-state index contributed by atoms with van der Waals surface area (Å²) in [6.07, 6.45) is -3.20. The predicted octanol–water partition coefficient (Wildman–Crippen LogP) is 3.30. The highest BCUT2D eigenvalue weighted by molar-refractivity contribution is 5.80. The number of piperidine rings is 1. The van der Waals surface area contributed by atoms with Crippen molar-refractivity contribution in [1.82, 2.24) is 15.5 Å². The van der Waals surface area contributed by atoms with E-state index in [4.69, 9.17) is 9.47 Å². The number of carbonyl (C=O) groups is 1. The van der Waals surface area contributed by atoms with Gasteiger partial charge in [0, 0.05) is 32.8 Å². The lowest BCUT2D eigenvalue weighted by Crippen LogP contribution is -2.47. The summed E-state index contributed by atoms with van der Waals surface area (Å²) in [5, 5.41) is 5.75. The van der Waals surface area contributed by atoms with Crippen molar-refractivity contribution < 1.29 is 27.4 Å². The second-order valence-electron chi connectivity index (χ2n) is 7.94. The summed E-state index contributed by atoms with van der Waals surface area (Å²) in [7, 11) is 0. The zero-order valence-corrected chi connectivity index (χ0v) is 17.9. The average Bonchev–Trinajstić information content (AvgIpc) is 2.59. The van der Waals surface area contributed by atoms with Crippen molar-refractivity contribution in [2.45, 2.75) is 71.3 Å². The summed E-state index contributed by atoms with van der Waals surface area (Å²) in [5.74, 6) is 0.525. The topological polar surface area (TPSA) is 75.2 Å². The van der Waals surface area contributed by atoms with E-state index in [1.165, 1.54) is 0 Å². The number of hydrogen-bond donors (Lipinski definition) is 2. The third-order valence-electron chi connectivity index (χ3n) is 4.08. The first-order valence-corrected chi connectivity index (χ1v) is 10.2. The molecule has 1 fully saturated rings. The van der Waals surface area contributed by atoms with Crippen molar-refractivity contribution >= 4 is 12.1 Å². The third kappa shape index (κ3) is 12.5. The van der Waals surface area contributed by atoms with Gasteiger partial charge in [-0.3, -0.25) is 4.99 Å². The summed E-state index contributed by atoms with van der Waals surface area (Å²) in [4.78, 5) is 17.6. The number of guanidine groups is 1. The van der Waals surface area contributed by atoms with Crippen LogP contribution in [-0.2, 0) is 9.47 Å². The standard InChI is InChI=1S/C19H35F3N4O3/c1-5-23-16(24-11-9-19(20,21)22)26-12-7-15(8-13-26)28-14-6-10-25-17(27)29-18(2,3)4/h15H,5-14H2,1-4H3,(H,23,24)(H,25,27). The molecule has 0 spiro atoms. The molecule has 1 aliphatic heterocycles. The molecule has 29 heavy (non-hydrogen) atoms. The fourth-order valence-electron chi connectivity index (χ4n) is 2.78. The largest absolute Gasteiger partial charge is 0.444 e. The van der Waals surface area contributed by atoms with Gasteiger partial charge in [-0.05, 0) is 47.0 Å². The Kier molecular flexibility index (Phi) is 10.6. The van der Waals surface area contributed by atoms with E-state index in [2.05, 4.69) is 15.6 Å². The van der Waals surface area contributed by atoms with Gasteiger partial charge >= 0.3 is 12.3 Å². The van der Waals surface area contributed by atoms with Crippen molar-refractivity contribution in [2.75, 3.05) is 39.3 Å². The van der Waals surface area contributed by atoms with Crippen LogP contribution >= 0.6 is 0 Å². The molecule has 1 aliphatic rings.